The number of esters is 3. The van der Waals surface area contributed by atoms with Crippen molar-refractivity contribution in [3.05, 3.63) is 46.1 Å². The highest BCUT2D eigenvalue weighted by atomic mass is 16.6. The van der Waals surface area contributed by atoms with Crippen molar-refractivity contribution < 1.29 is 28.6 Å². The summed E-state index contributed by atoms with van der Waals surface area (Å²) in [5, 5.41) is 0. The van der Waals surface area contributed by atoms with Crippen LogP contribution in [0.1, 0.15) is 61.3 Å². The summed E-state index contributed by atoms with van der Waals surface area (Å²) in [5.41, 5.74) is 2.76. The van der Waals surface area contributed by atoms with E-state index in [-0.39, 0.29) is 5.92 Å². The molecule has 0 aromatic carbocycles. The number of rotatable bonds is 4. The van der Waals surface area contributed by atoms with E-state index in [1.807, 2.05) is 13.8 Å². The van der Waals surface area contributed by atoms with Crippen molar-refractivity contribution in [2.75, 3.05) is 0 Å². The van der Waals surface area contributed by atoms with Gasteiger partial charge in [-0.1, -0.05) is 34.9 Å². The Kier molecular flexibility index (Phi) is 6.30. The molecule has 0 saturated carbocycles. The minimum absolute atomic E-state index is 0.0937. The molecular formula is C25H32O6. The number of carbonyl (C=O) groups is 3. The number of allylic oxidation sites excluding steroid dienone is 3. The van der Waals surface area contributed by atoms with E-state index in [4.69, 9.17) is 14.2 Å². The topological polar surface area (TPSA) is 78.9 Å². The molecule has 0 aromatic rings. The lowest BCUT2D eigenvalue weighted by molar-refractivity contribution is -0.175. The summed E-state index contributed by atoms with van der Waals surface area (Å²) in [4.78, 5) is 38.4. The molecule has 6 heteroatoms. The van der Waals surface area contributed by atoms with Crippen molar-refractivity contribution in [2.45, 2.75) is 79.1 Å². The maximum Gasteiger partial charge on any atom is 0.351 e. The summed E-state index contributed by atoms with van der Waals surface area (Å²) >= 11 is 0. The Bertz CT molecular complexity index is 934. The standard InChI is InChI=1S/C25H32O6/c1-8-13(3)22(26)29-18-12-16(6)17-11-10-15(5)19(17)21-20(18)25(7,24(28)30-21)31-23(27)14(4)9-2/h8-10,18-21H,11-12H2,1-7H3/b13-8-,14-9-/t18-,19-,20-,21-,25-/m0/s1. The van der Waals surface area contributed by atoms with E-state index in [9.17, 15) is 14.4 Å². The first-order valence-corrected chi connectivity index (χ1v) is 10.8. The lowest BCUT2D eigenvalue weighted by Crippen LogP contribution is -2.50. The van der Waals surface area contributed by atoms with Crippen molar-refractivity contribution in [1.29, 1.82) is 0 Å². The van der Waals surface area contributed by atoms with Crippen molar-refractivity contribution in [2.24, 2.45) is 11.8 Å². The van der Waals surface area contributed by atoms with Gasteiger partial charge in [-0.25, -0.2) is 14.4 Å². The van der Waals surface area contributed by atoms with Gasteiger partial charge in [0.1, 0.15) is 12.2 Å². The van der Waals surface area contributed by atoms with Crippen LogP contribution in [0.25, 0.3) is 0 Å². The Hall–Kier alpha value is -2.63. The highest BCUT2D eigenvalue weighted by Gasteiger charge is 2.64. The van der Waals surface area contributed by atoms with Crippen LogP contribution in [0.2, 0.25) is 0 Å². The zero-order valence-electron chi connectivity index (χ0n) is 19.4. The molecule has 2 aliphatic carbocycles. The van der Waals surface area contributed by atoms with Crippen LogP contribution < -0.4 is 0 Å². The fraction of sp³-hybridized carbons (Fsp3) is 0.560. The first kappa shape index (κ1) is 23.0. The molecule has 0 spiro atoms. The van der Waals surface area contributed by atoms with Gasteiger partial charge in [0.05, 0.1) is 5.92 Å². The SMILES string of the molecule is C/C=C(/C)C(=O)O[C@H]1CC(C)=C2CC=C(C)[C@@H]2[C@@H]2OC(=O)[C@@](C)(OC(=O)/C(C)=C\C)[C@H]21. The summed E-state index contributed by atoms with van der Waals surface area (Å²) in [7, 11) is 0. The average Bonchev–Trinajstić information content (AvgIpc) is 3.19. The van der Waals surface area contributed by atoms with E-state index in [0.717, 1.165) is 17.6 Å². The molecule has 0 bridgehead atoms. The number of hydrogen-bond donors (Lipinski definition) is 0. The van der Waals surface area contributed by atoms with Gasteiger partial charge in [0, 0.05) is 23.5 Å². The molecule has 3 aliphatic rings. The molecule has 1 fully saturated rings. The second-order valence-electron chi connectivity index (χ2n) is 8.92. The summed E-state index contributed by atoms with van der Waals surface area (Å²) in [5.74, 6) is -2.33. The Morgan fingerprint density at radius 3 is 2.35 bits per heavy atom. The summed E-state index contributed by atoms with van der Waals surface area (Å²) in [6, 6.07) is 0. The van der Waals surface area contributed by atoms with Crippen molar-refractivity contribution >= 4 is 17.9 Å². The summed E-state index contributed by atoms with van der Waals surface area (Å²) in [6.07, 6.45) is 5.50. The van der Waals surface area contributed by atoms with Crippen molar-refractivity contribution in [1.82, 2.24) is 0 Å². The minimum Gasteiger partial charge on any atom is -0.458 e. The van der Waals surface area contributed by atoms with E-state index >= 15 is 0 Å². The Morgan fingerprint density at radius 1 is 1.13 bits per heavy atom. The van der Waals surface area contributed by atoms with Crippen LogP contribution in [0.15, 0.2) is 46.1 Å². The van der Waals surface area contributed by atoms with Crippen LogP contribution in [-0.2, 0) is 28.6 Å². The Balaban J connectivity index is 2.08. The van der Waals surface area contributed by atoms with E-state index in [0.29, 0.717) is 17.6 Å². The molecule has 5 atom stereocenters. The van der Waals surface area contributed by atoms with Crippen LogP contribution in [0.5, 0.6) is 0 Å². The zero-order chi connectivity index (χ0) is 23.1. The molecule has 3 rings (SSSR count). The smallest absolute Gasteiger partial charge is 0.351 e. The normalized spacial score (nSPS) is 33.3. The molecule has 1 heterocycles. The van der Waals surface area contributed by atoms with Gasteiger partial charge in [-0.2, -0.15) is 0 Å². The first-order chi connectivity index (χ1) is 14.5. The molecular weight excluding hydrogens is 396 g/mol. The van der Waals surface area contributed by atoms with Crippen molar-refractivity contribution in [3.63, 3.8) is 0 Å². The van der Waals surface area contributed by atoms with Gasteiger partial charge >= 0.3 is 17.9 Å². The highest BCUT2D eigenvalue weighted by molar-refractivity contribution is 5.92. The lowest BCUT2D eigenvalue weighted by Gasteiger charge is -2.35. The van der Waals surface area contributed by atoms with Gasteiger partial charge < -0.3 is 14.2 Å². The highest BCUT2D eigenvalue weighted by Crippen LogP contribution is 2.52. The first-order valence-electron chi connectivity index (χ1n) is 10.8. The third-order valence-corrected chi connectivity index (χ3v) is 7.01. The predicted octanol–water partition coefficient (Wildman–Crippen LogP) is 4.36. The van der Waals surface area contributed by atoms with Crippen LogP contribution in [-0.4, -0.2) is 35.7 Å². The molecule has 0 unspecified atom stereocenters. The van der Waals surface area contributed by atoms with Gasteiger partial charge in [-0.3, -0.25) is 0 Å². The molecule has 0 N–H and O–H groups in total. The van der Waals surface area contributed by atoms with Crippen LogP contribution >= 0.6 is 0 Å². The molecule has 0 amide bonds. The average molecular weight is 429 g/mol. The molecule has 1 aliphatic heterocycles. The van der Waals surface area contributed by atoms with E-state index < -0.39 is 41.6 Å². The Labute approximate surface area is 184 Å². The number of hydrogen-bond acceptors (Lipinski definition) is 6. The molecule has 0 aromatic heterocycles. The minimum atomic E-state index is -1.56. The largest absolute Gasteiger partial charge is 0.458 e. The van der Waals surface area contributed by atoms with Gasteiger partial charge in [0.25, 0.3) is 0 Å². The molecule has 6 nitrogen and oxygen atoms in total. The fourth-order valence-electron chi connectivity index (χ4n) is 4.83. The third-order valence-electron chi connectivity index (χ3n) is 7.01. The second kappa shape index (κ2) is 8.48. The summed E-state index contributed by atoms with van der Waals surface area (Å²) in [6.45, 7) is 12.5. The third kappa shape index (κ3) is 3.88. The molecule has 168 valence electrons. The monoisotopic (exact) mass is 428 g/mol. The number of carbonyl (C=O) groups excluding carboxylic acids is 3. The van der Waals surface area contributed by atoms with Crippen LogP contribution in [0.4, 0.5) is 0 Å². The van der Waals surface area contributed by atoms with Crippen LogP contribution in [0.3, 0.4) is 0 Å². The maximum atomic E-state index is 13.1. The zero-order valence-corrected chi connectivity index (χ0v) is 19.4. The van der Waals surface area contributed by atoms with Crippen LogP contribution in [0, 0.1) is 11.8 Å². The number of ether oxygens (including phenoxy) is 3. The Morgan fingerprint density at radius 2 is 1.74 bits per heavy atom. The molecule has 0 radical (unpaired) electrons. The van der Waals surface area contributed by atoms with Gasteiger partial charge in [-0.15, -0.1) is 0 Å². The predicted molar refractivity (Wildman–Crippen MR) is 116 cm³/mol. The van der Waals surface area contributed by atoms with E-state index in [1.54, 1.807) is 46.8 Å². The van der Waals surface area contributed by atoms with E-state index in [2.05, 4.69) is 6.08 Å². The molecule has 31 heavy (non-hydrogen) atoms. The quantitative estimate of drug-likeness (QED) is 0.286. The van der Waals surface area contributed by atoms with Gasteiger partial charge in [-0.05, 0) is 54.9 Å². The van der Waals surface area contributed by atoms with E-state index in [1.165, 1.54) is 5.57 Å². The molecule has 1 saturated heterocycles. The summed E-state index contributed by atoms with van der Waals surface area (Å²) < 4.78 is 17.6. The second-order valence-corrected chi connectivity index (χ2v) is 8.92. The fourth-order valence-corrected chi connectivity index (χ4v) is 4.83. The number of fused-ring (bicyclic) bond motifs is 3. The lowest BCUT2D eigenvalue weighted by atomic mass is 9.77. The van der Waals surface area contributed by atoms with Gasteiger partial charge in [0.2, 0.25) is 5.60 Å². The van der Waals surface area contributed by atoms with Gasteiger partial charge in [0.15, 0.2) is 0 Å². The maximum absolute atomic E-state index is 13.1. The van der Waals surface area contributed by atoms with Crippen molar-refractivity contribution in [3.8, 4) is 0 Å².